The van der Waals surface area contributed by atoms with E-state index in [4.69, 9.17) is 0 Å². The van der Waals surface area contributed by atoms with E-state index in [9.17, 15) is 4.79 Å². The second kappa shape index (κ2) is 5.39. The Balaban J connectivity index is 2.35. The van der Waals surface area contributed by atoms with E-state index in [0.29, 0.717) is 5.69 Å². The number of hydrogen-bond donors (Lipinski definition) is 0. The van der Waals surface area contributed by atoms with Gasteiger partial charge in [0.05, 0.1) is 11.4 Å². The number of benzene rings is 1. The second-order valence-corrected chi connectivity index (χ2v) is 3.95. The summed E-state index contributed by atoms with van der Waals surface area (Å²) in [6.07, 6.45) is 5.17. The average Bonchev–Trinajstić information content (AvgIpc) is 2.40. The molecule has 0 radical (unpaired) electrons. The predicted molar refractivity (Wildman–Crippen MR) is 67.0 cm³/mol. The van der Waals surface area contributed by atoms with Crippen LogP contribution in [0.2, 0.25) is 0 Å². The number of nitrogens with zero attached hydrogens (tertiary/aromatic N) is 3. The van der Waals surface area contributed by atoms with Gasteiger partial charge in [-0.1, -0.05) is 23.9 Å². The van der Waals surface area contributed by atoms with Crippen LogP contribution in [0.1, 0.15) is 0 Å². The third kappa shape index (κ3) is 2.78. The molecule has 4 nitrogen and oxygen atoms in total. The molecule has 0 saturated carbocycles. The standard InChI is InChI=1S/C12H9N3OS/c1-17-12-13-7-6-11(15-12)9-2-4-10(5-3-9)14-8-16/h2-7H,1H3. The molecule has 2 aromatic rings. The summed E-state index contributed by atoms with van der Waals surface area (Å²) in [4.78, 5) is 22.1. The first-order chi connectivity index (χ1) is 8.33. The lowest BCUT2D eigenvalue weighted by atomic mass is 10.1. The first-order valence-corrected chi connectivity index (χ1v) is 6.11. The van der Waals surface area contributed by atoms with Crippen molar-refractivity contribution >= 4 is 23.5 Å². The first kappa shape index (κ1) is 11.5. The molecule has 0 aliphatic rings. The Kier molecular flexibility index (Phi) is 3.65. The number of aromatic nitrogens is 2. The Bertz CT molecular complexity index is 562. The van der Waals surface area contributed by atoms with E-state index in [-0.39, 0.29) is 0 Å². The van der Waals surface area contributed by atoms with Crippen LogP contribution in [0, 0.1) is 0 Å². The maximum atomic E-state index is 10.1. The molecule has 0 aliphatic heterocycles. The van der Waals surface area contributed by atoms with Gasteiger partial charge in [-0.25, -0.2) is 14.8 Å². The maximum Gasteiger partial charge on any atom is 0.240 e. The fourth-order valence-corrected chi connectivity index (χ4v) is 1.72. The predicted octanol–water partition coefficient (Wildman–Crippen LogP) is 2.83. The van der Waals surface area contributed by atoms with Gasteiger partial charge < -0.3 is 0 Å². The van der Waals surface area contributed by atoms with Crippen LogP contribution in [0.15, 0.2) is 46.7 Å². The van der Waals surface area contributed by atoms with Crippen molar-refractivity contribution in [3.05, 3.63) is 36.5 Å². The maximum absolute atomic E-state index is 10.1. The van der Waals surface area contributed by atoms with Gasteiger partial charge in [0.2, 0.25) is 6.08 Å². The summed E-state index contributed by atoms with van der Waals surface area (Å²) >= 11 is 1.50. The lowest BCUT2D eigenvalue weighted by molar-refractivity contribution is 0.565. The van der Waals surface area contributed by atoms with Crippen LogP contribution < -0.4 is 0 Å². The van der Waals surface area contributed by atoms with Gasteiger partial charge >= 0.3 is 0 Å². The average molecular weight is 243 g/mol. The molecule has 1 aromatic heterocycles. The summed E-state index contributed by atoms with van der Waals surface area (Å²) in [6, 6.07) is 9.07. The summed E-state index contributed by atoms with van der Waals surface area (Å²) in [5.41, 5.74) is 2.40. The molecule has 0 unspecified atom stereocenters. The molecular weight excluding hydrogens is 234 g/mol. The smallest absolute Gasteiger partial charge is 0.231 e. The van der Waals surface area contributed by atoms with E-state index in [2.05, 4.69) is 15.0 Å². The van der Waals surface area contributed by atoms with Crippen LogP contribution in [0.4, 0.5) is 5.69 Å². The minimum atomic E-state index is 0.586. The zero-order valence-electron chi connectivity index (χ0n) is 9.12. The lowest BCUT2D eigenvalue weighted by Gasteiger charge is -2.02. The Morgan fingerprint density at radius 3 is 2.65 bits per heavy atom. The van der Waals surface area contributed by atoms with Crippen molar-refractivity contribution in [1.82, 2.24) is 9.97 Å². The number of carbonyl (C=O) groups excluding carboxylic acids is 1. The molecule has 1 heterocycles. The van der Waals surface area contributed by atoms with E-state index in [1.54, 1.807) is 18.3 Å². The summed E-state index contributed by atoms with van der Waals surface area (Å²) in [7, 11) is 0. The van der Waals surface area contributed by atoms with Gasteiger partial charge in [-0.15, -0.1) is 0 Å². The number of isocyanates is 1. The highest BCUT2D eigenvalue weighted by molar-refractivity contribution is 7.98. The summed E-state index contributed by atoms with van der Waals surface area (Å²) < 4.78 is 0. The molecule has 0 bridgehead atoms. The van der Waals surface area contributed by atoms with Crippen LogP contribution in [-0.2, 0) is 4.79 Å². The van der Waals surface area contributed by atoms with Crippen LogP contribution in [-0.4, -0.2) is 22.3 Å². The van der Waals surface area contributed by atoms with Crippen molar-refractivity contribution in [1.29, 1.82) is 0 Å². The Hall–Kier alpha value is -1.97. The van der Waals surface area contributed by atoms with Crippen molar-refractivity contribution < 1.29 is 4.79 Å². The monoisotopic (exact) mass is 243 g/mol. The molecule has 0 aliphatic carbocycles. The molecule has 0 atom stereocenters. The van der Waals surface area contributed by atoms with Gasteiger partial charge in [0.15, 0.2) is 5.16 Å². The molecule has 0 fully saturated rings. The van der Waals surface area contributed by atoms with Gasteiger partial charge in [-0.3, -0.25) is 0 Å². The van der Waals surface area contributed by atoms with Crippen LogP contribution >= 0.6 is 11.8 Å². The van der Waals surface area contributed by atoms with Crippen LogP contribution in [0.3, 0.4) is 0 Å². The fourth-order valence-electron chi connectivity index (χ4n) is 1.36. The zero-order chi connectivity index (χ0) is 12.1. The molecule has 84 valence electrons. The second-order valence-electron chi connectivity index (χ2n) is 3.18. The van der Waals surface area contributed by atoms with Crippen molar-refractivity contribution in [2.45, 2.75) is 5.16 Å². The number of aliphatic imine (C=N–C) groups is 1. The Morgan fingerprint density at radius 1 is 1.24 bits per heavy atom. The van der Waals surface area contributed by atoms with Crippen molar-refractivity contribution in [2.24, 2.45) is 4.99 Å². The molecule has 2 rings (SSSR count). The van der Waals surface area contributed by atoms with E-state index in [0.717, 1.165) is 16.4 Å². The molecule has 0 saturated heterocycles. The molecular formula is C12H9N3OS. The van der Waals surface area contributed by atoms with E-state index >= 15 is 0 Å². The SMILES string of the molecule is CSc1nccc(-c2ccc(N=C=O)cc2)n1. The third-order valence-corrected chi connectivity index (χ3v) is 2.72. The first-order valence-electron chi connectivity index (χ1n) is 4.89. The van der Waals surface area contributed by atoms with Crippen molar-refractivity contribution in [3.63, 3.8) is 0 Å². The minimum absolute atomic E-state index is 0.586. The molecule has 0 amide bonds. The summed E-state index contributed by atoms with van der Waals surface area (Å²) in [6.45, 7) is 0. The summed E-state index contributed by atoms with van der Waals surface area (Å²) in [5.74, 6) is 0. The lowest BCUT2D eigenvalue weighted by Crippen LogP contribution is -1.88. The Morgan fingerprint density at radius 2 is 2.00 bits per heavy atom. The van der Waals surface area contributed by atoms with E-state index in [1.807, 2.05) is 24.5 Å². The Labute approximate surface area is 103 Å². The largest absolute Gasteiger partial charge is 0.240 e. The van der Waals surface area contributed by atoms with Gasteiger partial charge in [0.1, 0.15) is 0 Å². The number of thioether (sulfide) groups is 1. The number of rotatable bonds is 3. The fraction of sp³-hybridized carbons (Fsp3) is 0.0833. The van der Waals surface area contributed by atoms with Crippen molar-refractivity contribution in [2.75, 3.05) is 6.26 Å². The molecule has 0 N–H and O–H groups in total. The zero-order valence-corrected chi connectivity index (χ0v) is 9.94. The normalized spacial score (nSPS) is 9.71. The van der Waals surface area contributed by atoms with Gasteiger partial charge in [0, 0.05) is 11.8 Å². The minimum Gasteiger partial charge on any atom is -0.231 e. The molecule has 17 heavy (non-hydrogen) atoms. The van der Waals surface area contributed by atoms with Gasteiger partial charge in [0.25, 0.3) is 0 Å². The van der Waals surface area contributed by atoms with Gasteiger partial charge in [-0.2, -0.15) is 4.99 Å². The molecule has 5 heteroatoms. The quantitative estimate of drug-likeness (QED) is 0.360. The molecule has 1 aromatic carbocycles. The molecule has 0 spiro atoms. The van der Waals surface area contributed by atoms with Gasteiger partial charge in [-0.05, 0) is 24.5 Å². The van der Waals surface area contributed by atoms with Crippen LogP contribution in [0.25, 0.3) is 11.3 Å². The highest BCUT2D eigenvalue weighted by atomic mass is 32.2. The van der Waals surface area contributed by atoms with E-state index in [1.165, 1.54) is 17.8 Å². The third-order valence-electron chi connectivity index (χ3n) is 2.15. The number of hydrogen-bond acceptors (Lipinski definition) is 5. The highest BCUT2D eigenvalue weighted by Crippen LogP contribution is 2.21. The van der Waals surface area contributed by atoms with Crippen LogP contribution in [0.5, 0.6) is 0 Å². The highest BCUT2D eigenvalue weighted by Gasteiger charge is 2.01. The topological polar surface area (TPSA) is 55.2 Å². The van der Waals surface area contributed by atoms with E-state index < -0.39 is 0 Å². The van der Waals surface area contributed by atoms with Crippen molar-refractivity contribution in [3.8, 4) is 11.3 Å². The summed E-state index contributed by atoms with van der Waals surface area (Å²) in [5, 5.41) is 0.734.